The molecule has 3 aliphatic carbocycles. The molecule has 2 nitrogen and oxygen atoms in total. The number of aryl methyl sites for hydroxylation is 1. The van der Waals surface area contributed by atoms with Crippen LogP contribution in [-0.2, 0) is 11.2 Å². The molecule has 0 aromatic heterocycles. The lowest BCUT2D eigenvalue weighted by atomic mass is 9.85. The molecular formula is C19H24O2. The lowest BCUT2D eigenvalue weighted by Crippen LogP contribution is -2.20. The summed E-state index contributed by atoms with van der Waals surface area (Å²) in [4.78, 5) is 12.5. The molecule has 0 bridgehead atoms. The monoisotopic (exact) mass is 284 g/mol. The van der Waals surface area contributed by atoms with E-state index in [1.807, 2.05) is 12.1 Å². The molecule has 0 radical (unpaired) electrons. The maximum absolute atomic E-state index is 12.5. The number of rotatable bonds is 5. The van der Waals surface area contributed by atoms with Crippen molar-refractivity contribution in [1.82, 2.24) is 0 Å². The van der Waals surface area contributed by atoms with E-state index in [4.69, 9.17) is 4.74 Å². The molecule has 0 heterocycles. The predicted molar refractivity (Wildman–Crippen MR) is 82.2 cm³/mol. The molecular weight excluding hydrogens is 260 g/mol. The van der Waals surface area contributed by atoms with Crippen LogP contribution in [0.4, 0.5) is 0 Å². The summed E-state index contributed by atoms with van der Waals surface area (Å²) in [6.07, 6.45) is 5.86. The Labute approximate surface area is 126 Å². The zero-order valence-corrected chi connectivity index (χ0v) is 13.0. The van der Waals surface area contributed by atoms with Crippen molar-refractivity contribution in [1.29, 1.82) is 0 Å². The average molecular weight is 284 g/mol. The maximum Gasteiger partial charge on any atom is 0.140 e. The van der Waals surface area contributed by atoms with Crippen LogP contribution in [0.5, 0.6) is 5.75 Å². The van der Waals surface area contributed by atoms with Gasteiger partial charge in [-0.25, -0.2) is 0 Å². The molecule has 3 aliphatic rings. The highest BCUT2D eigenvalue weighted by molar-refractivity contribution is 5.91. The predicted octanol–water partition coefficient (Wildman–Crippen LogP) is 3.88. The van der Waals surface area contributed by atoms with Crippen molar-refractivity contribution < 1.29 is 9.53 Å². The van der Waals surface area contributed by atoms with E-state index in [-0.39, 0.29) is 0 Å². The minimum Gasteiger partial charge on any atom is -0.497 e. The molecule has 5 unspecified atom stereocenters. The lowest BCUT2D eigenvalue weighted by Gasteiger charge is -2.18. The minimum absolute atomic E-state index is 0.376. The first-order chi connectivity index (χ1) is 10.1. The Kier molecular flexibility index (Phi) is 2.92. The number of ketones is 1. The Balaban J connectivity index is 1.35. The van der Waals surface area contributed by atoms with E-state index in [0.717, 1.165) is 36.8 Å². The highest BCUT2D eigenvalue weighted by Crippen LogP contribution is 2.77. The largest absolute Gasteiger partial charge is 0.497 e. The topological polar surface area (TPSA) is 26.3 Å². The van der Waals surface area contributed by atoms with Crippen LogP contribution in [0.3, 0.4) is 0 Å². The molecule has 3 saturated carbocycles. The fourth-order valence-electron chi connectivity index (χ4n) is 5.42. The first-order valence-electron chi connectivity index (χ1n) is 8.32. The van der Waals surface area contributed by atoms with Gasteiger partial charge in [-0.2, -0.15) is 0 Å². The van der Waals surface area contributed by atoms with Crippen molar-refractivity contribution in [2.75, 3.05) is 7.11 Å². The Morgan fingerprint density at radius 2 is 2.24 bits per heavy atom. The van der Waals surface area contributed by atoms with E-state index in [1.54, 1.807) is 7.11 Å². The number of hydrogen-bond donors (Lipinski definition) is 0. The third-order valence-electron chi connectivity index (χ3n) is 6.50. The van der Waals surface area contributed by atoms with Gasteiger partial charge in [-0.05, 0) is 67.1 Å². The van der Waals surface area contributed by atoms with Gasteiger partial charge in [0.2, 0.25) is 0 Å². The molecule has 0 amide bonds. The summed E-state index contributed by atoms with van der Waals surface area (Å²) in [5.74, 6) is 3.83. The lowest BCUT2D eigenvalue weighted by molar-refractivity contribution is -0.124. The second kappa shape index (κ2) is 4.59. The standard InChI is InChI=1S/C19H24O2/c1-19-10-9-14-15(18(20)17(19)16(14)19)8-4-6-12-5-3-7-13(11-12)21-2/h3,5,7,11,14-17H,4,6,8-10H2,1-2H3. The van der Waals surface area contributed by atoms with E-state index in [0.29, 0.717) is 23.0 Å². The summed E-state index contributed by atoms with van der Waals surface area (Å²) in [5.41, 5.74) is 1.74. The van der Waals surface area contributed by atoms with Crippen LogP contribution in [0, 0.1) is 29.1 Å². The van der Waals surface area contributed by atoms with Gasteiger partial charge in [-0.3, -0.25) is 4.79 Å². The van der Waals surface area contributed by atoms with Gasteiger partial charge in [-0.1, -0.05) is 19.1 Å². The van der Waals surface area contributed by atoms with Crippen molar-refractivity contribution in [2.24, 2.45) is 29.1 Å². The first-order valence-corrected chi connectivity index (χ1v) is 8.32. The Morgan fingerprint density at radius 1 is 1.38 bits per heavy atom. The molecule has 0 spiro atoms. The molecule has 1 aromatic rings. The zero-order valence-electron chi connectivity index (χ0n) is 13.0. The fourth-order valence-corrected chi connectivity index (χ4v) is 5.42. The Hall–Kier alpha value is -1.31. The molecule has 21 heavy (non-hydrogen) atoms. The highest BCUT2D eigenvalue weighted by Gasteiger charge is 2.76. The summed E-state index contributed by atoms with van der Waals surface area (Å²) in [5, 5.41) is 0. The highest BCUT2D eigenvalue weighted by atomic mass is 16.5. The molecule has 5 atom stereocenters. The van der Waals surface area contributed by atoms with E-state index in [2.05, 4.69) is 19.1 Å². The Morgan fingerprint density at radius 3 is 3.00 bits per heavy atom. The summed E-state index contributed by atoms with van der Waals surface area (Å²) >= 11 is 0. The fraction of sp³-hybridized carbons (Fsp3) is 0.632. The SMILES string of the molecule is COc1cccc(CCCC2C(=O)C3C4C2CCC34C)c1. The second-order valence-electron chi connectivity index (χ2n) is 7.46. The first kappa shape index (κ1) is 13.4. The van der Waals surface area contributed by atoms with Crippen LogP contribution in [0.2, 0.25) is 0 Å². The van der Waals surface area contributed by atoms with Gasteiger partial charge in [-0.15, -0.1) is 0 Å². The number of hydrogen-bond acceptors (Lipinski definition) is 2. The number of carbonyl (C=O) groups is 1. The number of Topliss-reactive ketones (excluding diaryl/α,β-unsaturated/α-hetero) is 1. The van der Waals surface area contributed by atoms with E-state index >= 15 is 0 Å². The van der Waals surface area contributed by atoms with Crippen LogP contribution < -0.4 is 4.74 Å². The summed E-state index contributed by atoms with van der Waals surface area (Å²) < 4.78 is 5.27. The van der Waals surface area contributed by atoms with Gasteiger partial charge in [0, 0.05) is 11.8 Å². The molecule has 4 rings (SSSR count). The average Bonchev–Trinajstić information content (AvgIpc) is 2.83. The van der Waals surface area contributed by atoms with Crippen LogP contribution >= 0.6 is 0 Å². The number of ether oxygens (including phenoxy) is 1. The molecule has 3 fully saturated rings. The van der Waals surface area contributed by atoms with Gasteiger partial charge < -0.3 is 4.74 Å². The molecule has 2 heteroatoms. The molecule has 0 N–H and O–H groups in total. The van der Waals surface area contributed by atoms with Crippen molar-refractivity contribution in [2.45, 2.75) is 39.0 Å². The van der Waals surface area contributed by atoms with E-state index in [9.17, 15) is 4.79 Å². The smallest absolute Gasteiger partial charge is 0.140 e. The number of methoxy groups -OCH3 is 1. The Bertz CT molecular complexity index is 579. The van der Waals surface area contributed by atoms with Gasteiger partial charge in [0.15, 0.2) is 0 Å². The van der Waals surface area contributed by atoms with Crippen LogP contribution in [0.15, 0.2) is 24.3 Å². The zero-order chi connectivity index (χ0) is 14.6. The van der Waals surface area contributed by atoms with Gasteiger partial charge in [0.25, 0.3) is 0 Å². The van der Waals surface area contributed by atoms with Crippen molar-refractivity contribution in [3.05, 3.63) is 29.8 Å². The minimum atomic E-state index is 0.376. The summed E-state index contributed by atoms with van der Waals surface area (Å²) in [6.45, 7) is 2.34. The van der Waals surface area contributed by atoms with Crippen molar-refractivity contribution in [3.8, 4) is 5.75 Å². The molecule has 1 aromatic carbocycles. The van der Waals surface area contributed by atoms with E-state index in [1.165, 1.54) is 18.4 Å². The van der Waals surface area contributed by atoms with E-state index < -0.39 is 0 Å². The van der Waals surface area contributed by atoms with Crippen LogP contribution in [0.1, 0.15) is 38.2 Å². The molecule has 0 saturated heterocycles. The van der Waals surface area contributed by atoms with Crippen molar-refractivity contribution >= 4 is 5.78 Å². The third kappa shape index (κ3) is 1.88. The van der Waals surface area contributed by atoms with Crippen molar-refractivity contribution in [3.63, 3.8) is 0 Å². The quantitative estimate of drug-likeness (QED) is 0.820. The number of fused-ring (bicyclic) bond motifs is 1. The maximum atomic E-state index is 12.5. The summed E-state index contributed by atoms with van der Waals surface area (Å²) in [6, 6.07) is 8.30. The van der Waals surface area contributed by atoms with Gasteiger partial charge in [0.1, 0.15) is 11.5 Å². The molecule has 112 valence electrons. The van der Waals surface area contributed by atoms with Gasteiger partial charge >= 0.3 is 0 Å². The van der Waals surface area contributed by atoms with Crippen LogP contribution in [-0.4, -0.2) is 12.9 Å². The molecule has 0 aliphatic heterocycles. The third-order valence-corrected chi connectivity index (χ3v) is 6.50. The van der Waals surface area contributed by atoms with Gasteiger partial charge in [0.05, 0.1) is 7.11 Å². The summed E-state index contributed by atoms with van der Waals surface area (Å²) in [7, 11) is 1.71. The normalized spacial score (nSPS) is 39.4. The second-order valence-corrected chi connectivity index (χ2v) is 7.46. The number of carbonyl (C=O) groups excluding carboxylic acids is 1. The van der Waals surface area contributed by atoms with Crippen LogP contribution in [0.25, 0.3) is 0 Å². The number of benzene rings is 1.